The lowest BCUT2D eigenvalue weighted by Gasteiger charge is -2.29. The third kappa shape index (κ3) is 5.83. The summed E-state index contributed by atoms with van der Waals surface area (Å²) in [4.78, 5) is 19.3. The number of fused-ring (bicyclic) bond motifs is 1. The molecule has 0 spiro atoms. The first-order valence-electron chi connectivity index (χ1n) is 11.5. The van der Waals surface area contributed by atoms with Gasteiger partial charge in [-0.2, -0.15) is 0 Å². The van der Waals surface area contributed by atoms with E-state index in [2.05, 4.69) is 26.6 Å². The van der Waals surface area contributed by atoms with E-state index in [0.29, 0.717) is 24.1 Å². The highest BCUT2D eigenvalue weighted by molar-refractivity contribution is 7.99. The fourth-order valence-electron chi connectivity index (χ4n) is 3.89. The molecule has 2 aromatic carbocycles. The van der Waals surface area contributed by atoms with Gasteiger partial charge in [-0.15, -0.1) is 21.5 Å². The molecule has 35 heavy (non-hydrogen) atoms. The van der Waals surface area contributed by atoms with E-state index < -0.39 is 0 Å². The molecule has 5 rings (SSSR count). The number of benzene rings is 2. The second kappa shape index (κ2) is 10.9. The molecule has 0 unspecified atom stereocenters. The van der Waals surface area contributed by atoms with Crippen LogP contribution in [0.15, 0.2) is 63.6 Å². The molecule has 4 aromatic rings. The summed E-state index contributed by atoms with van der Waals surface area (Å²) in [7, 11) is 0. The van der Waals surface area contributed by atoms with Gasteiger partial charge < -0.3 is 19.4 Å². The maximum absolute atomic E-state index is 12.8. The summed E-state index contributed by atoms with van der Waals surface area (Å²) in [5, 5.41) is 14.7. The van der Waals surface area contributed by atoms with Gasteiger partial charge in [0.2, 0.25) is 11.8 Å². The second-order valence-electron chi connectivity index (χ2n) is 7.93. The van der Waals surface area contributed by atoms with Crippen LogP contribution in [-0.2, 0) is 17.6 Å². The van der Waals surface area contributed by atoms with E-state index in [9.17, 15) is 4.79 Å². The van der Waals surface area contributed by atoms with Crippen LogP contribution in [0.25, 0.3) is 0 Å². The smallest absolute Gasteiger partial charge is 0.277 e. The highest BCUT2D eigenvalue weighted by atomic mass is 32.2. The van der Waals surface area contributed by atoms with Crippen molar-refractivity contribution in [1.82, 2.24) is 15.2 Å². The number of anilines is 3. The molecule has 8 nitrogen and oxygen atoms in total. The van der Waals surface area contributed by atoms with Gasteiger partial charge in [-0.25, -0.2) is 4.98 Å². The Kier molecular flexibility index (Phi) is 7.29. The highest BCUT2D eigenvalue weighted by Gasteiger charge is 2.23. The summed E-state index contributed by atoms with van der Waals surface area (Å²) in [5.41, 5.74) is 4.00. The number of amides is 1. The van der Waals surface area contributed by atoms with Crippen LogP contribution >= 0.6 is 23.1 Å². The van der Waals surface area contributed by atoms with Crippen molar-refractivity contribution in [3.63, 3.8) is 0 Å². The van der Waals surface area contributed by atoms with Gasteiger partial charge in [0.15, 0.2) is 5.13 Å². The number of hydrogen-bond acceptors (Lipinski definition) is 9. The quantitative estimate of drug-likeness (QED) is 0.304. The molecule has 1 aliphatic heterocycles. The maximum Gasteiger partial charge on any atom is 0.277 e. The number of nitrogens with zero attached hydrogens (tertiary/aromatic N) is 4. The van der Waals surface area contributed by atoms with E-state index in [1.165, 1.54) is 28.7 Å². The van der Waals surface area contributed by atoms with Gasteiger partial charge in [0.05, 0.1) is 24.5 Å². The molecule has 1 aliphatic rings. The summed E-state index contributed by atoms with van der Waals surface area (Å²) >= 11 is 2.78. The van der Waals surface area contributed by atoms with Gasteiger partial charge in [0, 0.05) is 23.3 Å². The minimum atomic E-state index is 0.0476. The number of ether oxygens (including phenoxy) is 1. The van der Waals surface area contributed by atoms with E-state index >= 15 is 0 Å². The largest absolute Gasteiger partial charge is 0.494 e. The number of aryl methyl sites for hydroxylation is 1. The van der Waals surface area contributed by atoms with Gasteiger partial charge >= 0.3 is 0 Å². The van der Waals surface area contributed by atoms with E-state index in [-0.39, 0.29) is 11.7 Å². The number of carbonyl (C=O) groups excluding carboxylic acids is 1. The van der Waals surface area contributed by atoms with Gasteiger partial charge in [-0.05, 0) is 55.7 Å². The van der Waals surface area contributed by atoms with Crippen LogP contribution in [0.3, 0.4) is 0 Å². The molecule has 0 bridgehead atoms. The zero-order valence-corrected chi connectivity index (χ0v) is 20.9. The molecule has 2 aromatic heterocycles. The Morgan fingerprint density at radius 3 is 2.91 bits per heavy atom. The van der Waals surface area contributed by atoms with Crippen molar-refractivity contribution >= 4 is 45.5 Å². The van der Waals surface area contributed by atoms with E-state index in [1.54, 1.807) is 0 Å². The Balaban J connectivity index is 1.14. The Hall–Kier alpha value is -3.37. The summed E-state index contributed by atoms with van der Waals surface area (Å²) in [5.74, 6) is 1.61. The summed E-state index contributed by atoms with van der Waals surface area (Å²) in [6.07, 6.45) is 2.41. The topological polar surface area (TPSA) is 93.4 Å². The third-order valence-corrected chi connectivity index (χ3v) is 7.09. The number of thiazole rings is 1. The minimum Gasteiger partial charge on any atom is -0.494 e. The Bertz CT molecular complexity index is 1290. The molecule has 1 N–H and O–H groups in total. The normalized spacial score (nSPS) is 12.9. The molecular formula is C25H25N5O3S2. The van der Waals surface area contributed by atoms with Crippen LogP contribution in [0.5, 0.6) is 5.75 Å². The van der Waals surface area contributed by atoms with E-state index in [0.717, 1.165) is 47.3 Å². The van der Waals surface area contributed by atoms with Crippen LogP contribution in [0.4, 0.5) is 16.5 Å². The van der Waals surface area contributed by atoms with Crippen molar-refractivity contribution in [2.24, 2.45) is 0 Å². The maximum atomic E-state index is 12.8. The van der Waals surface area contributed by atoms with Gasteiger partial charge in [-0.1, -0.05) is 30.0 Å². The number of thioether (sulfide) groups is 1. The van der Waals surface area contributed by atoms with Crippen molar-refractivity contribution in [2.75, 3.05) is 29.1 Å². The molecule has 0 fully saturated rings. The van der Waals surface area contributed by atoms with Crippen LogP contribution in [-0.4, -0.2) is 40.0 Å². The first-order chi connectivity index (χ1) is 17.2. The molecule has 0 saturated heterocycles. The number of hydrogen-bond donors (Lipinski definition) is 1. The molecule has 0 aliphatic carbocycles. The average molecular weight is 508 g/mol. The summed E-state index contributed by atoms with van der Waals surface area (Å²) in [6, 6.07) is 15.8. The molecule has 0 atom stereocenters. The molecule has 0 radical (unpaired) electrons. The van der Waals surface area contributed by atoms with Crippen molar-refractivity contribution in [2.45, 2.75) is 31.4 Å². The molecule has 1 amide bonds. The monoisotopic (exact) mass is 507 g/mol. The summed E-state index contributed by atoms with van der Waals surface area (Å²) < 4.78 is 11.2. The van der Waals surface area contributed by atoms with Crippen LogP contribution in [0, 0.1) is 0 Å². The first-order valence-corrected chi connectivity index (χ1v) is 13.3. The zero-order chi connectivity index (χ0) is 24.0. The molecule has 10 heteroatoms. The predicted octanol–water partition coefficient (Wildman–Crippen LogP) is 5.33. The molecular weight excluding hydrogens is 482 g/mol. The van der Waals surface area contributed by atoms with Crippen LogP contribution in [0.1, 0.15) is 30.5 Å². The number of rotatable bonds is 9. The van der Waals surface area contributed by atoms with Crippen molar-refractivity contribution < 1.29 is 13.9 Å². The number of para-hydroxylation sites is 1. The number of carbonyl (C=O) groups is 1. The lowest BCUT2D eigenvalue weighted by Crippen LogP contribution is -2.36. The van der Waals surface area contributed by atoms with Crippen molar-refractivity contribution in [1.29, 1.82) is 0 Å². The second-order valence-corrected chi connectivity index (χ2v) is 9.72. The third-order valence-electron chi connectivity index (χ3n) is 5.48. The number of nitrogens with one attached hydrogen (secondary N) is 1. The Labute approximate surface area is 211 Å². The fourth-order valence-corrected chi connectivity index (χ4v) is 5.27. The Morgan fingerprint density at radius 2 is 2.06 bits per heavy atom. The van der Waals surface area contributed by atoms with Crippen LogP contribution < -0.4 is 15.0 Å². The molecule has 180 valence electrons. The van der Waals surface area contributed by atoms with Gasteiger partial charge in [-0.3, -0.25) is 4.79 Å². The van der Waals surface area contributed by atoms with Crippen molar-refractivity contribution in [3.05, 3.63) is 71.1 Å². The lowest BCUT2D eigenvalue weighted by atomic mass is 10.0. The fraction of sp³-hybridized carbons (Fsp3) is 0.280. The summed E-state index contributed by atoms with van der Waals surface area (Å²) in [6.45, 7) is 3.34. The standard InChI is InChI=1S/C25H25N5O3S2/c1-2-32-20-11-9-18(10-12-20)26-24-27-19(15-34-24)14-22-28-29-25(33-22)35-16-23(31)30-13-5-7-17-6-3-4-8-21(17)30/h3-4,6,8-12,15H,2,5,7,13-14,16H2,1H3,(H,26,27). The van der Waals surface area contributed by atoms with Crippen LogP contribution in [0.2, 0.25) is 0 Å². The molecule has 3 heterocycles. The SMILES string of the molecule is CCOc1ccc(Nc2nc(Cc3nnc(SCC(=O)N4CCCc5ccccc54)o3)cs2)cc1. The average Bonchev–Trinajstić information content (AvgIpc) is 3.53. The Morgan fingerprint density at radius 1 is 1.20 bits per heavy atom. The highest BCUT2D eigenvalue weighted by Crippen LogP contribution is 2.28. The van der Waals surface area contributed by atoms with Gasteiger partial charge in [0.25, 0.3) is 5.22 Å². The first kappa shape index (κ1) is 23.4. The van der Waals surface area contributed by atoms with E-state index in [1.807, 2.05) is 59.7 Å². The van der Waals surface area contributed by atoms with Gasteiger partial charge in [0.1, 0.15) is 5.75 Å². The molecule has 0 saturated carbocycles. The number of aromatic nitrogens is 3. The lowest BCUT2D eigenvalue weighted by molar-refractivity contribution is -0.116. The minimum absolute atomic E-state index is 0.0476. The zero-order valence-electron chi connectivity index (χ0n) is 19.3. The van der Waals surface area contributed by atoms with Crippen molar-refractivity contribution in [3.8, 4) is 5.75 Å². The van der Waals surface area contributed by atoms with E-state index in [4.69, 9.17) is 9.15 Å². The predicted molar refractivity (Wildman–Crippen MR) is 138 cm³/mol.